The molecule has 0 fully saturated rings. The lowest BCUT2D eigenvalue weighted by Gasteiger charge is -2.09. The Morgan fingerprint density at radius 3 is 1.24 bits per heavy atom. The molecule has 0 aliphatic heterocycles. The maximum Gasteiger partial charge on any atom is 0.119 e. The molecule has 0 amide bonds. The van der Waals surface area contributed by atoms with Crippen molar-refractivity contribution >= 4 is 5.69 Å². The van der Waals surface area contributed by atoms with Gasteiger partial charge in [-0.3, -0.25) is 0 Å². The SMILES string of the molecule is CCCCCCCCCc1ccc(OCCOCCOCCOCCOCCOCCOc2ccc(N)cc2)cc1. The second-order valence-electron chi connectivity index (χ2n) is 9.84. The highest BCUT2D eigenvalue weighted by atomic mass is 16.6. The van der Waals surface area contributed by atoms with Crippen LogP contribution in [0.25, 0.3) is 0 Å². The van der Waals surface area contributed by atoms with Crippen LogP contribution in [0.2, 0.25) is 0 Å². The number of unbranched alkanes of at least 4 members (excludes halogenated alkanes) is 6. The van der Waals surface area contributed by atoms with Gasteiger partial charge in [-0.05, 0) is 54.8 Å². The highest BCUT2D eigenvalue weighted by Crippen LogP contribution is 2.15. The first-order chi connectivity index (χ1) is 20.3. The van der Waals surface area contributed by atoms with Crippen LogP contribution in [-0.2, 0) is 30.1 Å². The molecule has 2 aromatic rings. The number of hydrogen-bond acceptors (Lipinski definition) is 8. The molecule has 232 valence electrons. The first kappa shape index (κ1) is 34.8. The zero-order valence-corrected chi connectivity index (χ0v) is 25.2. The molecule has 0 unspecified atom stereocenters. The zero-order valence-electron chi connectivity index (χ0n) is 25.2. The normalized spacial score (nSPS) is 11.1. The molecular weight excluding hydrogens is 522 g/mol. The van der Waals surface area contributed by atoms with Crippen molar-refractivity contribution in [3.63, 3.8) is 0 Å². The number of rotatable bonds is 28. The molecule has 0 aliphatic rings. The molecule has 41 heavy (non-hydrogen) atoms. The number of ether oxygens (including phenoxy) is 7. The third-order valence-corrected chi connectivity index (χ3v) is 6.35. The molecule has 0 spiro atoms. The fourth-order valence-electron chi connectivity index (χ4n) is 4.02. The van der Waals surface area contributed by atoms with Gasteiger partial charge in [0.25, 0.3) is 0 Å². The summed E-state index contributed by atoms with van der Waals surface area (Å²) in [5.41, 5.74) is 7.75. The number of nitrogen functional groups attached to an aromatic ring is 1. The lowest BCUT2D eigenvalue weighted by molar-refractivity contribution is -0.0141. The minimum atomic E-state index is 0.486. The summed E-state index contributed by atoms with van der Waals surface area (Å²) in [6, 6.07) is 15.8. The van der Waals surface area contributed by atoms with Crippen molar-refractivity contribution < 1.29 is 33.2 Å². The summed E-state index contributed by atoms with van der Waals surface area (Å²) in [6.45, 7) is 8.54. The average molecular weight is 576 g/mol. The van der Waals surface area contributed by atoms with Crippen molar-refractivity contribution in [2.24, 2.45) is 0 Å². The first-order valence-electron chi connectivity index (χ1n) is 15.4. The molecule has 0 atom stereocenters. The maximum atomic E-state index is 5.77. The molecule has 0 aliphatic carbocycles. The fourth-order valence-corrected chi connectivity index (χ4v) is 4.02. The molecule has 0 bridgehead atoms. The minimum absolute atomic E-state index is 0.486. The summed E-state index contributed by atoms with van der Waals surface area (Å²) in [4.78, 5) is 0. The van der Waals surface area contributed by atoms with Crippen molar-refractivity contribution in [2.45, 2.75) is 58.3 Å². The van der Waals surface area contributed by atoms with Crippen LogP contribution in [0, 0.1) is 0 Å². The Hall–Kier alpha value is -2.36. The molecule has 0 saturated heterocycles. The molecular formula is C33H53NO7. The molecule has 2 rings (SSSR count). The van der Waals surface area contributed by atoms with Crippen molar-refractivity contribution in [3.8, 4) is 11.5 Å². The number of aryl methyl sites for hydroxylation is 1. The van der Waals surface area contributed by atoms with E-state index in [9.17, 15) is 0 Å². The van der Waals surface area contributed by atoms with Crippen LogP contribution >= 0.6 is 0 Å². The van der Waals surface area contributed by atoms with E-state index in [1.165, 1.54) is 50.5 Å². The standard InChI is InChI=1S/C33H53NO7/c1-2-3-4-5-6-7-8-9-30-10-14-32(15-11-30)40-28-26-38-24-22-36-20-18-35-19-21-37-23-25-39-27-29-41-33-16-12-31(34)13-17-33/h10-17H,2-9,18-29,34H2,1H3. The highest BCUT2D eigenvalue weighted by Gasteiger charge is 1.99. The zero-order chi connectivity index (χ0) is 29.1. The quantitative estimate of drug-likeness (QED) is 0.0961. The summed E-state index contributed by atoms with van der Waals surface area (Å²) >= 11 is 0. The predicted octanol–water partition coefficient (Wildman–Crippen LogP) is 6.10. The third kappa shape index (κ3) is 20.2. The molecule has 8 nitrogen and oxygen atoms in total. The van der Waals surface area contributed by atoms with Gasteiger partial charge >= 0.3 is 0 Å². The lowest BCUT2D eigenvalue weighted by atomic mass is 10.0. The third-order valence-electron chi connectivity index (χ3n) is 6.35. The number of benzene rings is 2. The first-order valence-corrected chi connectivity index (χ1v) is 15.4. The van der Waals surface area contributed by atoms with E-state index < -0.39 is 0 Å². The largest absolute Gasteiger partial charge is 0.491 e. The Kier molecular flexibility index (Phi) is 21.5. The summed E-state index contributed by atoms with van der Waals surface area (Å²) in [5.74, 6) is 1.67. The van der Waals surface area contributed by atoms with Crippen molar-refractivity contribution in [2.75, 3.05) is 85.0 Å². The second-order valence-corrected chi connectivity index (χ2v) is 9.84. The predicted molar refractivity (Wildman–Crippen MR) is 164 cm³/mol. The van der Waals surface area contributed by atoms with E-state index in [-0.39, 0.29) is 0 Å². The van der Waals surface area contributed by atoms with E-state index in [4.69, 9.17) is 38.9 Å². The van der Waals surface area contributed by atoms with Crippen LogP contribution in [-0.4, -0.2) is 79.3 Å². The lowest BCUT2D eigenvalue weighted by Crippen LogP contribution is -2.15. The van der Waals surface area contributed by atoms with Gasteiger partial charge in [0.2, 0.25) is 0 Å². The Balaban J connectivity index is 1.26. The molecule has 0 aromatic heterocycles. The summed E-state index contributed by atoms with van der Waals surface area (Å²) in [7, 11) is 0. The number of nitrogens with two attached hydrogens (primary N) is 1. The van der Waals surface area contributed by atoms with Gasteiger partial charge in [0.05, 0.1) is 66.1 Å². The van der Waals surface area contributed by atoms with E-state index in [2.05, 4.69) is 31.2 Å². The summed E-state index contributed by atoms with van der Waals surface area (Å²) < 4.78 is 38.9. The van der Waals surface area contributed by atoms with Gasteiger partial charge in [0, 0.05) is 5.69 Å². The molecule has 2 N–H and O–H groups in total. The van der Waals surface area contributed by atoms with Crippen LogP contribution in [0.1, 0.15) is 57.4 Å². The van der Waals surface area contributed by atoms with E-state index in [1.54, 1.807) is 0 Å². The van der Waals surface area contributed by atoms with Gasteiger partial charge in [-0.1, -0.05) is 57.6 Å². The minimum Gasteiger partial charge on any atom is -0.491 e. The molecule has 0 saturated carbocycles. The van der Waals surface area contributed by atoms with Crippen molar-refractivity contribution in [1.29, 1.82) is 0 Å². The van der Waals surface area contributed by atoms with Crippen LogP contribution in [0.3, 0.4) is 0 Å². The Bertz CT molecular complexity index is 832. The molecule has 0 radical (unpaired) electrons. The van der Waals surface area contributed by atoms with Gasteiger partial charge < -0.3 is 38.9 Å². The van der Waals surface area contributed by atoms with E-state index in [0.717, 1.165) is 23.6 Å². The Morgan fingerprint density at radius 1 is 0.439 bits per heavy atom. The van der Waals surface area contributed by atoms with Crippen molar-refractivity contribution in [3.05, 3.63) is 54.1 Å². The topological polar surface area (TPSA) is 90.6 Å². The second kappa shape index (κ2) is 25.4. The van der Waals surface area contributed by atoms with Gasteiger partial charge in [-0.2, -0.15) is 0 Å². The van der Waals surface area contributed by atoms with Crippen molar-refractivity contribution in [1.82, 2.24) is 0 Å². The summed E-state index contributed by atoms with van der Waals surface area (Å²) in [5, 5.41) is 0. The van der Waals surface area contributed by atoms with Gasteiger partial charge in [0.1, 0.15) is 24.7 Å². The number of hydrogen-bond donors (Lipinski definition) is 1. The Labute approximate surface area is 247 Å². The Morgan fingerprint density at radius 2 is 0.805 bits per heavy atom. The monoisotopic (exact) mass is 575 g/mol. The van der Waals surface area contributed by atoms with Crippen LogP contribution in [0.5, 0.6) is 11.5 Å². The maximum absolute atomic E-state index is 5.77. The van der Waals surface area contributed by atoms with E-state index in [0.29, 0.717) is 79.3 Å². The van der Waals surface area contributed by atoms with E-state index >= 15 is 0 Å². The summed E-state index contributed by atoms with van der Waals surface area (Å²) in [6.07, 6.45) is 10.5. The molecule has 8 heteroatoms. The smallest absolute Gasteiger partial charge is 0.119 e. The fraction of sp³-hybridized carbons (Fsp3) is 0.636. The van der Waals surface area contributed by atoms with Crippen LogP contribution in [0.4, 0.5) is 5.69 Å². The van der Waals surface area contributed by atoms with Crippen LogP contribution in [0.15, 0.2) is 48.5 Å². The number of anilines is 1. The van der Waals surface area contributed by atoms with Gasteiger partial charge in [-0.15, -0.1) is 0 Å². The molecule has 2 aromatic carbocycles. The highest BCUT2D eigenvalue weighted by molar-refractivity contribution is 5.41. The van der Waals surface area contributed by atoms with Gasteiger partial charge in [0.15, 0.2) is 0 Å². The van der Waals surface area contributed by atoms with Gasteiger partial charge in [-0.25, -0.2) is 0 Å². The van der Waals surface area contributed by atoms with Crippen LogP contribution < -0.4 is 15.2 Å². The van der Waals surface area contributed by atoms with E-state index in [1.807, 2.05) is 24.3 Å². The molecule has 0 heterocycles. The average Bonchev–Trinajstić information content (AvgIpc) is 2.99.